The molecule has 4 amide bonds. The van der Waals surface area contributed by atoms with Gasteiger partial charge in [0.25, 0.3) is 11.8 Å². The van der Waals surface area contributed by atoms with Crippen molar-refractivity contribution in [2.45, 2.75) is 0 Å². The van der Waals surface area contributed by atoms with Gasteiger partial charge in [-0.3, -0.25) is 19.4 Å². The van der Waals surface area contributed by atoms with Crippen LogP contribution < -0.4 is 4.74 Å². The van der Waals surface area contributed by atoms with Gasteiger partial charge in [-0.25, -0.2) is 4.79 Å². The van der Waals surface area contributed by atoms with Crippen LogP contribution in [0.5, 0.6) is 5.75 Å². The zero-order valence-electron chi connectivity index (χ0n) is 13.2. The normalized spacial score (nSPS) is 15.3. The third kappa shape index (κ3) is 3.57. The molecule has 0 spiro atoms. The maximum Gasteiger partial charge on any atom is 0.333 e. The minimum absolute atomic E-state index is 0.0661. The van der Waals surface area contributed by atoms with Gasteiger partial charge in [-0.05, 0) is 23.8 Å². The third-order valence-electron chi connectivity index (χ3n) is 3.37. The fourth-order valence-corrected chi connectivity index (χ4v) is 2.08. The van der Waals surface area contributed by atoms with Crippen molar-refractivity contribution in [3.63, 3.8) is 0 Å². The summed E-state index contributed by atoms with van der Waals surface area (Å²) in [7, 11) is 4.26. The molecule has 0 aliphatic carbocycles. The van der Waals surface area contributed by atoms with E-state index in [4.69, 9.17) is 9.47 Å². The molecule has 7 heteroatoms. The fourth-order valence-electron chi connectivity index (χ4n) is 2.08. The molecular formula is C16H18N2O5. The van der Waals surface area contributed by atoms with Crippen molar-refractivity contribution in [2.75, 3.05) is 34.4 Å². The first-order valence-corrected chi connectivity index (χ1v) is 6.99. The second-order valence-corrected chi connectivity index (χ2v) is 4.98. The number of benzene rings is 1. The highest BCUT2D eigenvalue weighted by Gasteiger charge is 2.37. The monoisotopic (exact) mass is 318 g/mol. The van der Waals surface area contributed by atoms with Gasteiger partial charge >= 0.3 is 6.03 Å². The molecule has 23 heavy (non-hydrogen) atoms. The average Bonchev–Trinajstić information content (AvgIpc) is 2.56. The number of likely N-dealkylation sites (N-methyl/N-ethyl adjacent to an activating group) is 2. The molecule has 0 radical (unpaired) electrons. The summed E-state index contributed by atoms with van der Waals surface area (Å²) in [6.07, 6.45) is 1.45. The van der Waals surface area contributed by atoms with Gasteiger partial charge in [-0.2, -0.15) is 0 Å². The van der Waals surface area contributed by atoms with E-state index in [1.54, 1.807) is 31.4 Å². The van der Waals surface area contributed by atoms with E-state index in [9.17, 15) is 14.4 Å². The molecule has 1 aromatic carbocycles. The van der Waals surface area contributed by atoms with Crippen LogP contribution in [-0.4, -0.2) is 62.1 Å². The van der Waals surface area contributed by atoms with Crippen molar-refractivity contribution < 1.29 is 23.9 Å². The molecule has 0 N–H and O–H groups in total. The molecule has 1 saturated heterocycles. The topological polar surface area (TPSA) is 76.2 Å². The standard InChI is InChI=1S/C16H18N2O5/c1-17-14(19)13(15(20)18(2)16(17)21)10-11-5-4-6-12(9-11)23-8-7-22-3/h4-6,9-10H,7-8H2,1-3H3. The van der Waals surface area contributed by atoms with Crippen LogP contribution in [0, 0.1) is 0 Å². The molecular weight excluding hydrogens is 300 g/mol. The van der Waals surface area contributed by atoms with Gasteiger partial charge in [0.05, 0.1) is 6.61 Å². The number of barbiturate groups is 1. The van der Waals surface area contributed by atoms with Crippen LogP contribution in [-0.2, 0) is 14.3 Å². The van der Waals surface area contributed by atoms with E-state index in [1.807, 2.05) is 0 Å². The Kier molecular flexibility index (Phi) is 5.13. The van der Waals surface area contributed by atoms with E-state index >= 15 is 0 Å². The largest absolute Gasteiger partial charge is 0.491 e. The molecule has 2 rings (SSSR count). The molecule has 0 aromatic heterocycles. The Labute approximate surface area is 134 Å². The van der Waals surface area contributed by atoms with Gasteiger partial charge in [0.1, 0.15) is 17.9 Å². The number of carbonyl (C=O) groups excluding carboxylic acids is 3. The number of amides is 4. The van der Waals surface area contributed by atoms with Crippen LogP contribution in [0.25, 0.3) is 6.08 Å². The second-order valence-electron chi connectivity index (χ2n) is 4.98. The first-order chi connectivity index (χ1) is 11.0. The molecule has 1 fully saturated rings. The summed E-state index contributed by atoms with van der Waals surface area (Å²) in [6, 6.07) is 6.33. The molecule has 7 nitrogen and oxygen atoms in total. The minimum atomic E-state index is -0.645. The number of hydrogen-bond acceptors (Lipinski definition) is 5. The molecule has 0 atom stereocenters. The molecule has 0 bridgehead atoms. The summed E-state index contributed by atoms with van der Waals surface area (Å²) in [5.74, 6) is -0.641. The number of carbonyl (C=O) groups is 3. The number of imide groups is 2. The number of methoxy groups -OCH3 is 1. The van der Waals surface area contributed by atoms with Crippen LogP contribution in [0.4, 0.5) is 4.79 Å². The predicted molar refractivity (Wildman–Crippen MR) is 82.7 cm³/mol. The first kappa shape index (κ1) is 16.7. The number of hydrogen-bond donors (Lipinski definition) is 0. The van der Waals surface area contributed by atoms with Gasteiger partial charge in [-0.15, -0.1) is 0 Å². The van der Waals surface area contributed by atoms with E-state index in [1.165, 1.54) is 20.2 Å². The van der Waals surface area contributed by atoms with E-state index in [0.717, 1.165) is 9.80 Å². The third-order valence-corrected chi connectivity index (χ3v) is 3.37. The molecule has 1 heterocycles. The second kappa shape index (κ2) is 7.06. The number of rotatable bonds is 5. The van der Waals surface area contributed by atoms with Gasteiger partial charge in [-0.1, -0.05) is 12.1 Å². The van der Waals surface area contributed by atoms with Crippen LogP contribution in [0.1, 0.15) is 5.56 Å². The Bertz CT molecular complexity index is 642. The van der Waals surface area contributed by atoms with Crippen molar-refractivity contribution in [3.05, 3.63) is 35.4 Å². The lowest BCUT2D eigenvalue weighted by Gasteiger charge is -2.28. The zero-order chi connectivity index (χ0) is 17.0. The van der Waals surface area contributed by atoms with Crippen molar-refractivity contribution >= 4 is 23.9 Å². The molecule has 1 aliphatic rings. The number of nitrogens with zero attached hydrogens (tertiary/aromatic N) is 2. The first-order valence-electron chi connectivity index (χ1n) is 6.99. The van der Waals surface area contributed by atoms with E-state index < -0.39 is 17.8 Å². The Morgan fingerprint density at radius 2 is 1.70 bits per heavy atom. The van der Waals surface area contributed by atoms with Crippen molar-refractivity contribution in [1.29, 1.82) is 0 Å². The molecule has 122 valence electrons. The summed E-state index contributed by atoms with van der Waals surface area (Å²) in [4.78, 5) is 37.8. The Morgan fingerprint density at radius 3 is 2.30 bits per heavy atom. The Hall–Kier alpha value is -2.67. The van der Waals surface area contributed by atoms with Crippen molar-refractivity contribution in [2.24, 2.45) is 0 Å². The Morgan fingerprint density at radius 1 is 1.04 bits per heavy atom. The van der Waals surface area contributed by atoms with E-state index in [0.29, 0.717) is 24.5 Å². The highest BCUT2D eigenvalue weighted by Crippen LogP contribution is 2.20. The lowest BCUT2D eigenvalue weighted by atomic mass is 10.1. The van der Waals surface area contributed by atoms with Crippen LogP contribution in [0.2, 0.25) is 0 Å². The predicted octanol–water partition coefficient (Wildman–Crippen LogP) is 1.15. The lowest BCUT2D eigenvalue weighted by Crippen LogP contribution is -2.52. The van der Waals surface area contributed by atoms with E-state index in [-0.39, 0.29) is 5.57 Å². The van der Waals surface area contributed by atoms with E-state index in [2.05, 4.69) is 0 Å². The van der Waals surface area contributed by atoms with Gasteiger partial charge in [0.15, 0.2) is 0 Å². The van der Waals surface area contributed by atoms with Gasteiger partial charge < -0.3 is 9.47 Å². The van der Waals surface area contributed by atoms with Crippen molar-refractivity contribution in [1.82, 2.24) is 9.80 Å². The smallest absolute Gasteiger partial charge is 0.333 e. The lowest BCUT2D eigenvalue weighted by molar-refractivity contribution is -0.134. The maximum absolute atomic E-state index is 12.1. The van der Waals surface area contributed by atoms with Crippen LogP contribution in [0.3, 0.4) is 0 Å². The SMILES string of the molecule is COCCOc1cccc(C=C2C(=O)N(C)C(=O)N(C)C2=O)c1. The maximum atomic E-state index is 12.1. The summed E-state index contributed by atoms with van der Waals surface area (Å²) in [5.41, 5.74) is 0.566. The molecule has 1 aliphatic heterocycles. The van der Waals surface area contributed by atoms with Crippen molar-refractivity contribution in [3.8, 4) is 5.75 Å². The van der Waals surface area contributed by atoms with Gasteiger partial charge in [0.2, 0.25) is 0 Å². The quantitative estimate of drug-likeness (QED) is 0.462. The summed E-state index contributed by atoms with van der Waals surface area (Å²) >= 11 is 0. The summed E-state index contributed by atoms with van der Waals surface area (Å²) < 4.78 is 10.4. The molecule has 0 saturated carbocycles. The number of ether oxygens (including phenoxy) is 2. The van der Waals surface area contributed by atoms with Crippen LogP contribution in [0.15, 0.2) is 29.8 Å². The highest BCUT2D eigenvalue weighted by atomic mass is 16.5. The van der Waals surface area contributed by atoms with Crippen LogP contribution >= 0.6 is 0 Å². The zero-order valence-corrected chi connectivity index (χ0v) is 13.2. The molecule has 1 aromatic rings. The molecule has 0 unspecified atom stereocenters. The Balaban J connectivity index is 2.26. The number of urea groups is 1. The van der Waals surface area contributed by atoms with Gasteiger partial charge in [0, 0.05) is 21.2 Å². The fraction of sp³-hybridized carbons (Fsp3) is 0.312. The summed E-state index contributed by atoms with van der Waals surface area (Å²) in [6.45, 7) is 0.856. The highest BCUT2D eigenvalue weighted by molar-refractivity contribution is 6.30. The summed E-state index contributed by atoms with van der Waals surface area (Å²) in [5, 5.41) is 0. The average molecular weight is 318 g/mol. The minimum Gasteiger partial charge on any atom is -0.491 e.